The number of alkyl halides is 2. The summed E-state index contributed by atoms with van der Waals surface area (Å²) in [5.74, 6) is -2.53. The van der Waals surface area contributed by atoms with E-state index in [2.05, 4.69) is 0 Å². The molecule has 16 heavy (non-hydrogen) atoms. The first kappa shape index (κ1) is 11.4. The van der Waals surface area contributed by atoms with Gasteiger partial charge in [-0.25, -0.2) is 8.78 Å². The van der Waals surface area contributed by atoms with E-state index in [-0.39, 0.29) is 13.0 Å². The molecule has 0 aromatic heterocycles. The van der Waals surface area contributed by atoms with Gasteiger partial charge in [-0.3, -0.25) is 0 Å². The molecule has 0 spiro atoms. The van der Waals surface area contributed by atoms with Crippen molar-refractivity contribution in [3.63, 3.8) is 0 Å². The topological polar surface area (TPSA) is 3.24 Å². The lowest BCUT2D eigenvalue weighted by Crippen LogP contribution is -2.42. The second-order valence-corrected chi connectivity index (χ2v) is 4.60. The molecule has 0 unspecified atom stereocenters. The van der Waals surface area contributed by atoms with Crippen LogP contribution < -0.4 is 4.90 Å². The molecule has 1 nitrogen and oxygen atoms in total. The molecule has 1 aliphatic heterocycles. The normalized spacial score (nSPS) is 19.9. The summed E-state index contributed by atoms with van der Waals surface area (Å²) in [7, 11) is 0. The van der Waals surface area contributed by atoms with Crippen LogP contribution in [-0.4, -0.2) is 19.0 Å². The summed E-state index contributed by atoms with van der Waals surface area (Å²) in [6, 6.07) is 5.88. The van der Waals surface area contributed by atoms with Gasteiger partial charge in [-0.1, -0.05) is 12.1 Å². The van der Waals surface area contributed by atoms with E-state index in [4.69, 9.17) is 0 Å². The molecule has 2 rings (SSSR count). The first-order valence-electron chi connectivity index (χ1n) is 5.69. The number of hydrogen-bond acceptors (Lipinski definition) is 1. The Morgan fingerprint density at radius 3 is 2.69 bits per heavy atom. The molecular formula is C13H17F2N. The van der Waals surface area contributed by atoms with E-state index in [1.807, 2.05) is 36.9 Å². The van der Waals surface area contributed by atoms with E-state index < -0.39 is 5.92 Å². The van der Waals surface area contributed by atoms with Gasteiger partial charge in [0.15, 0.2) is 0 Å². The van der Waals surface area contributed by atoms with Gasteiger partial charge in [0.2, 0.25) is 0 Å². The molecule has 1 aromatic rings. The average molecular weight is 225 g/mol. The largest absolute Gasteiger partial charge is 0.365 e. The fourth-order valence-electron chi connectivity index (χ4n) is 2.25. The third-order valence-corrected chi connectivity index (χ3v) is 3.31. The van der Waals surface area contributed by atoms with Crippen molar-refractivity contribution in [2.24, 2.45) is 0 Å². The van der Waals surface area contributed by atoms with E-state index in [1.54, 1.807) is 0 Å². The van der Waals surface area contributed by atoms with Crippen molar-refractivity contribution >= 4 is 5.69 Å². The number of anilines is 1. The Kier molecular flexibility index (Phi) is 2.87. The Balaban J connectivity index is 2.27. The lowest BCUT2D eigenvalue weighted by Gasteiger charge is -2.35. The van der Waals surface area contributed by atoms with E-state index in [1.165, 1.54) is 0 Å². The van der Waals surface area contributed by atoms with Gasteiger partial charge >= 0.3 is 0 Å². The van der Waals surface area contributed by atoms with Crippen molar-refractivity contribution in [1.29, 1.82) is 0 Å². The lowest BCUT2D eigenvalue weighted by molar-refractivity contribution is -0.0116. The van der Waals surface area contributed by atoms with Crippen molar-refractivity contribution in [2.45, 2.75) is 32.6 Å². The van der Waals surface area contributed by atoms with Crippen molar-refractivity contribution < 1.29 is 8.78 Å². The van der Waals surface area contributed by atoms with Crippen LogP contribution in [0.15, 0.2) is 18.2 Å². The Hall–Kier alpha value is -1.12. The van der Waals surface area contributed by atoms with Crippen LogP contribution in [0.1, 0.15) is 24.0 Å². The fraction of sp³-hybridized carbons (Fsp3) is 0.538. The van der Waals surface area contributed by atoms with Crippen LogP contribution in [0.3, 0.4) is 0 Å². The minimum atomic E-state index is -2.53. The molecule has 1 fully saturated rings. The van der Waals surface area contributed by atoms with Crippen LogP contribution in [0.5, 0.6) is 0 Å². The van der Waals surface area contributed by atoms with Crippen LogP contribution in [0.25, 0.3) is 0 Å². The maximum absolute atomic E-state index is 13.3. The molecule has 3 heteroatoms. The van der Waals surface area contributed by atoms with Crippen molar-refractivity contribution in [3.05, 3.63) is 29.3 Å². The Morgan fingerprint density at radius 2 is 2.00 bits per heavy atom. The predicted octanol–water partition coefficient (Wildman–Crippen LogP) is 3.54. The predicted molar refractivity (Wildman–Crippen MR) is 62.3 cm³/mol. The summed E-state index contributed by atoms with van der Waals surface area (Å²) in [6.07, 6.45) is 0.592. The molecule has 88 valence electrons. The summed E-state index contributed by atoms with van der Waals surface area (Å²) in [6.45, 7) is 4.61. The highest BCUT2D eigenvalue weighted by Gasteiger charge is 2.35. The third-order valence-electron chi connectivity index (χ3n) is 3.31. The summed E-state index contributed by atoms with van der Waals surface area (Å²) < 4.78 is 26.7. The monoisotopic (exact) mass is 225 g/mol. The molecular weight excluding hydrogens is 208 g/mol. The number of piperidine rings is 1. The van der Waals surface area contributed by atoms with E-state index >= 15 is 0 Å². The van der Waals surface area contributed by atoms with Crippen LogP contribution in [-0.2, 0) is 0 Å². The first-order valence-corrected chi connectivity index (χ1v) is 5.69. The molecule has 1 aromatic carbocycles. The number of nitrogens with zero attached hydrogens (tertiary/aromatic N) is 1. The smallest absolute Gasteiger partial charge is 0.265 e. The molecule has 1 saturated heterocycles. The molecule has 1 aliphatic rings. The SMILES string of the molecule is Cc1cccc(N2CCCC(F)(F)C2)c1C. The van der Waals surface area contributed by atoms with Crippen molar-refractivity contribution in [2.75, 3.05) is 18.0 Å². The zero-order valence-corrected chi connectivity index (χ0v) is 9.76. The van der Waals surface area contributed by atoms with Gasteiger partial charge in [0, 0.05) is 18.7 Å². The quantitative estimate of drug-likeness (QED) is 0.706. The summed E-state index contributed by atoms with van der Waals surface area (Å²) in [5.41, 5.74) is 3.23. The minimum Gasteiger partial charge on any atom is -0.365 e. The van der Waals surface area contributed by atoms with Crippen LogP contribution in [0, 0.1) is 13.8 Å². The molecule has 0 bridgehead atoms. The van der Waals surface area contributed by atoms with E-state index in [0.717, 1.165) is 23.4 Å². The highest BCUT2D eigenvalue weighted by molar-refractivity contribution is 5.56. The maximum atomic E-state index is 13.3. The first-order chi connectivity index (χ1) is 7.49. The molecule has 0 aliphatic carbocycles. The summed E-state index contributed by atoms with van der Waals surface area (Å²) in [4.78, 5) is 1.81. The Bertz CT molecular complexity index is 388. The zero-order chi connectivity index (χ0) is 11.8. The number of hydrogen-bond donors (Lipinski definition) is 0. The van der Waals surface area contributed by atoms with Gasteiger partial charge in [-0.15, -0.1) is 0 Å². The fourth-order valence-corrected chi connectivity index (χ4v) is 2.25. The third kappa shape index (κ3) is 2.18. The van der Waals surface area contributed by atoms with Crippen LogP contribution >= 0.6 is 0 Å². The average Bonchev–Trinajstić information content (AvgIpc) is 2.20. The molecule has 0 atom stereocenters. The summed E-state index contributed by atoms with van der Waals surface area (Å²) >= 11 is 0. The molecule has 0 radical (unpaired) electrons. The van der Waals surface area contributed by atoms with Gasteiger partial charge in [-0.05, 0) is 37.5 Å². The zero-order valence-electron chi connectivity index (χ0n) is 9.76. The van der Waals surface area contributed by atoms with E-state index in [0.29, 0.717) is 6.42 Å². The Labute approximate surface area is 95.1 Å². The summed E-state index contributed by atoms with van der Waals surface area (Å²) in [5, 5.41) is 0. The van der Waals surface area contributed by atoms with Gasteiger partial charge in [-0.2, -0.15) is 0 Å². The van der Waals surface area contributed by atoms with Crippen LogP contribution in [0.4, 0.5) is 14.5 Å². The second kappa shape index (κ2) is 4.04. The van der Waals surface area contributed by atoms with Gasteiger partial charge in [0.25, 0.3) is 5.92 Å². The van der Waals surface area contributed by atoms with Crippen molar-refractivity contribution in [3.8, 4) is 0 Å². The van der Waals surface area contributed by atoms with E-state index in [9.17, 15) is 8.78 Å². The van der Waals surface area contributed by atoms with Gasteiger partial charge in [0.05, 0.1) is 6.54 Å². The van der Waals surface area contributed by atoms with Crippen molar-refractivity contribution in [1.82, 2.24) is 0 Å². The molecule has 0 saturated carbocycles. The van der Waals surface area contributed by atoms with Gasteiger partial charge < -0.3 is 4.90 Å². The highest BCUT2D eigenvalue weighted by Crippen LogP contribution is 2.32. The van der Waals surface area contributed by atoms with Crippen LogP contribution in [0.2, 0.25) is 0 Å². The number of halogens is 2. The number of benzene rings is 1. The highest BCUT2D eigenvalue weighted by atomic mass is 19.3. The molecule has 1 heterocycles. The minimum absolute atomic E-state index is 0.0222. The number of rotatable bonds is 1. The molecule has 0 N–H and O–H groups in total. The lowest BCUT2D eigenvalue weighted by atomic mass is 10.0. The Morgan fingerprint density at radius 1 is 1.25 bits per heavy atom. The number of aryl methyl sites for hydroxylation is 1. The maximum Gasteiger partial charge on any atom is 0.265 e. The second-order valence-electron chi connectivity index (χ2n) is 4.60. The standard InChI is InChI=1S/C13H17F2N/c1-10-5-3-6-12(11(10)2)16-8-4-7-13(14,15)9-16/h3,5-6H,4,7-9H2,1-2H3. The van der Waals surface area contributed by atoms with Gasteiger partial charge in [0.1, 0.15) is 0 Å². The molecule has 0 amide bonds.